The van der Waals surface area contributed by atoms with Crippen molar-refractivity contribution in [1.29, 1.82) is 0 Å². The molecule has 2 aromatic carbocycles. The molecule has 9 nitrogen and oxygen atoms in total. The number of halogens is 3. The number of aromatic amines is 1. The summed E-state index contributed by atoms with van der Waals surface area (Å²) in [5.74, 6) is 0.388. The van der Waals surface area contributed by atoms with Crippen molar-refractivity contribution in [3.63, 3.8) is 0 Å². The summed E-state index contributed by atoms with van der Waals surface area (Å²) in [6.07, 6.45) is 0.659. The van der Waals surface area contributed by atoms with Crippen molar-refractivity contribution < 1.29 is 17.9 Å². The van der Waals surface area contributed by atoms with Crippen molar-refractivity contribution >= 4 is 17.0 Å². The molecule has 1 N–H and O–H groups in total. The summed E-state index contributed by atoms with van der Waals surface area (Å²) in [6.45, 7) is 0.728. The van der Waals surface area contributed by atoms with Crippen LogP contribution in [0.25, 0.3) is 16.7 Å². The average Bonchev–Trinajstić information content (AvgIpc) is 3.36. The van der Waals surface area contributed by atoms with Gasteiger partial charge in [0, 0.05) is 25.4 Å². The van der Waals surface area contributed by atoms with E-state index in [0.717, 1.165) is 12.1 Å². The van der Waals surface area contributed by atoms with Crippen LogP contribution >= 0.6 is 0 Å². The van der Waals surface area contributed by atoms with Crippen LogP contribution in [0, 0.1) is 0 Å². The summed E-state index contributed by atoms with van der Waals surface area (Å²) < 4.78 is 46.8. The first-order valence-electron chi connectivity index (χ1n) is 11.8. The molecule has 0 radical (unpaired) electrons. The first kappa shape index (κ1) is 23.6. The number of fused-ring (bicyclic) bond motifs is 2. The van der Waals surface area contributed by atoms with E-state index in [1.54, 1.807) is 30.7 Å². The summed E-state index contributed by atoms with van der Waals surface area (Å²) in [6, 6.07) is 12.5. The molecule has 3 aromatic heterocycles. The largest absolute Gasteiger partial charge is 0.458 e. The summed E-state index contributed by atoms with van der Waals surface area (Å²) in [7, 11) is 0. The number of H-pyrrole nitrogens is 1. The van der Waals surface area contributed by atoms with E-state index in [2.05, 4.69) is 24.9 Å². The molecule has 0 atom stereocenters. The second-order valence-corrected chi connectivity index (χ2v) is 8.74. The van der Waals surface area contributed by atoms with Crippen LogP contribution in [0.1, 0.15) is 22.5 Å². The van der Waals surface area contributed by atoms with E-state index >= 15 is 0 Å². The molecule has 4 heterocycles. The lowest BCUT2D eigenvalue weighted by Gasteiger charge is -2.28. The Morgan fingerprint density at radius 3 is 2.66 bits per heavy atom. The minimum Gasteiger partial charge on any atom is -0.458 e. The Morgan fingerprint density at radius 2 is 1.89 bits per heavy atom. The highest BCUT2D eigenvalue weighted by atomic mass is 19.4. The number of alkyl halides is 3. The molecule has 0 aliphatic carbocycles. The number of para-hydroxylation sites is 1. The first-order valence-corrected chi connectivity index (χ1v) is 11.8. The normalized spacial score (nSPS) is 13.5. The van der Waals surface area contributed by atoms with E-state index < -0.39 is 11.7 Å². The zero-order chi connectivity index (χ0) is 26.3. The third-order valence-corrected chi connectivity index (χ3v) is 6.28. The number of nitrogens with one attached hydrogen (secondary N) is 1. The molecule has 0 fully saturated rings. The molecule has 1 aliphatic heterocycles. The molecule has 0 amide bonds. The van der Waals surface area contributed by atoms with Crippen LogP contribution in [0.5, 0.6) is 6.01 Å². The molecule has 0 unspecified atom stereocenters. The summed E-state index contributed by atoms with van der Waals surface area (Å²) >= 11 is 0. The van der Waals surface area contributed by atoms with E-state index in [0.29, 0.717) is 47.1 Å². The molecule has 192 valence electrons. The molecule has 12 heteroatoms. The van der Waals surface area contributed by atoms with Crippen LogP contribution in [0.4, 0.5) is 19.1 Å². The zero-order valence-corrected chi connectivity index (χ0v) is 19.8. The minimum atomic E-state index is -4.45. The molecular formula is C26H20F3N7O2. The van der Waals surface area contributed by atoms with E-state index in [4.69, 9.17) is 4.74 Å². The predicted molar refractivity (Wildman–Crippen MR) is 132 cm³/mol. The van der Waals surface area contributed by atoms with Gasteiger partial charge in [0.15, 0.2) is 0 Å². The maximum atomic E-state index is 13.8. The second-order valence-electron chi connectivity index (χ2n) is 8.74. The van der Waals surface area contributed by atoms with Crippen molar-refractivity contribution in [3.05, 3.63) is 100.0 Å². The van der Waals surface area contributed by atoms with Crippen molar-refractivity contribution in [1.82, 2.24) is 29.5 Å². The highest BCUT2D eigenvalue weighted by Gasteiger charge is 2.31. The quantitative estimate of drug-likeness (QED) is 0.374. The maximum Gasteiger partial charge on any atom is 0.416 e. The Balaban J connectivity index is 1.36. The number of anilines is 1. The molecule has 0 spiro atoms. The van der Waals surface area contributed by atoms with Crippen LogP contribution < -0.4 is 15.2 Å². The van der Waals surface area contributed by atoms with Gasteiger partial charge >= 0.3 is 12.2 Å². The molecular weight excluding hydrogens is 499 g/mol. The number of ether oxygens (including phenoxy) is 1. The van der Waals surface area contributed by atoms with Crippen molar-refractivity contribution in [2.75, 3.05) is 11.4 Å². The van der Waals surface area contributed by atoms with Gasteiger partial charge in [0.1, 0.15) is 6.61 Å². The van der Waals surface area contributed by atoms with Gasteiger partial charge in [-0.05, 0) is 30.3 Å². The SMILES string of the molecule is O=c1c2c(nc(OCc3cnccn3)n1-c1ccccc1)CCN(c1nc3ccc(C(F)(F)F)cc3[nH]1)C2. The molecule has 5 aromatic rings. The third-order valence-electron chi connectivity index (χ3n) is 6.28. The lowest BCUT2D eigenvalue weighted by molar-refractivity contribution is -0.137. The summed E-state index contributed by atoms with van der Waals surface area (Å²) in [5.41, 5.74) is 1.86. The average molecular weight is 519 g/mol. The number of rotatable bonds is 5. The molecule has 1 aliphatic rings. The van der Waals surface area contributed by atoms with Gasteiger partial charge in [0.2, 0.25) is 5.95 Å². The van der Waals surface area contributed by atoms with Crippen molar-refractivity contribution in [2.45, 2.75) is 25.7 Å². The van der Waals surface area contributed by atoms with Crippen LogP contribution in [-0.2, 0) is 25.7 Å². The molecule has 6 rings (SSSR count). The lowest BCUT2D eigenvalue weighted by atomic mass is 10.1. The van der Waals surface area contributed by atoms with Crippen LogP contribution in [-0.4, -0.2) is 36.0 Å². The minimum absolute atomic E-state index is 0.0803. The molecule has 0 saturated heterocycles. The van der Waals surface area contributed by atoms with Crippen LogP contribution in [0.2, 0.25) is 0 Å². The number of imidazole rings is 1. The van der Waals surface area contributed by atoms with Gasteiger partial charge in [-0.25, -0.2) is 14.5 Å². The highest BCUT2D eigenvalue weighted by Crippen LogP contribution is 2.32. The Hall–Kier alpha value is -4.74. The Kier molecular flexibility index (Phi) is 5.78. The topological polar surface area (TPSA) is 102 Å². The molecule has 38 heavy (non-hydrogen) atoms. The molecule has 0 bridgehead atoms. The molecule has 0 saturated carbocycles. The summed E-state index contributed by atoms with van der Waals surface area (Å²) in [4.78, 5) is 36.0. The van der Waals surface area contributed by atoms with Gasteiger partial charge in [0.05, 0.1) is 52.0 Å². The number of benzene rings is 2. The summed E-state index contributed by atoms with van der Waals surface area (Å²) in [5, 5.41) is 0. The predicted octanol–water partition coefficient (Wildman–Crippen LogP) is 4.06. The Morgan fingerprint density at radius 1 is 1.05 bits per heavy atom. The zero-order valence-electron chi connectivity index (χ0n) is 19.8. The first-order chi connectivity index (χ1) is 18.4. The van der Waals surface area contributed by atoms with E-state index in [1.165, 1.54) is 10.6 Å². The van der Waals surface area contributed by atoms with Gasteiger partial charge in [0.25, 0.3) is 5.56 Å². The standard InChI is InChI=1S/C26H20F3N7O2/c27-26(28,29)16-6-7-21-22(12-16)33-24(32-21)35-11-8-20-19(14-35)23(37)36(18-4-2-1-3-5-18)25(34-20)38-15-17-13-30-9-10-31-17/h1-7,9-10,12-13H,8,11,14-15H2,(H,32,33). The van der Waals surface area contributed by atoms with Crippen molar-refractivity contribution in [3.8, 4) is 11.7 Å². The monoisotopic (exact) mass is 519 g/mol. The van der Waals surface area contributed by atoms with Gasteiger partial charge < -0.3 is 14.6 Å². The smallest absolute Gasteiger partial charge is 0.416 e. The van der Waals surface area contributed by atoms with E-state index in [-0.39, 0.29) is 30.2 Å². The van der Waals surface area contributed by atoms with Gasteiger partial charge in [-0.1, -0.05) is 18.2 Å². The van der Waals surface area contributed by atoms with Gasteiger partial charge in [-0.3, -0.25) is 14.8 Å². The Labute approximate surface area is 213 Å². The van der Waals surface area contributed by atoms with E-state index in [1.807, 2.05) is 23.1 Å². The third kappa shape index (κ3) is 4.44. The fourth-order valence-electron chi connectivity index (χ4n) is 4.40. The van der Waals surface area contributed by atoms with Crippen LogP contribution in [0.3, 0.4) is 0 Å². The van der Waals surface area contributed by atoms with Crippen LogP contribution in [0.15, 0.2) is 71.9 Å². The Bertz CT molecular complexity index is 1670. The number of hydrogen-bond acceptors (Lipinski definition) is 7. The number of aromatic nitrogens is 6. The van der Waals surface area contributed by atoms with Gasteiger partial charge in [-0.15, -0.1) is 0 Å². The van der Waals surface area contributed by atoms with Crippen molar-refractivity contribution in [2.24, 2.45) is 0 Å². The van der Waals surface area contributed by atoms with E-state index in [9.17, 15) is 18.0 Å². The number of hydrogen-bond donors (Lipinski definition) is 1. The fourth-order valence-corrected chi connectivity index (χ4v) is 4.40. The second kappa shape index (κ2) is 9.29. The maximum absolute atomic E-state index is 13.8. The highest BCUT2D eigenvalue weighted by molar-refractivity contribution is 5.78. The fraction of sp³-hybridized carbons (Fsp3) is 0.192. The van der Waals surface area contributed by atoms with Gasteiger partial charge in [-0.2, -0.15) is 13.2 Å². The lowest BCUT2D eigenvalue weighted by Crippen LogP contribution is -2.38. The number of nitrogens with zero attached hydrogens (tertiary/aromatic N) is 6.